The molecule has 0 radical (unpaired) electrons. The Hall–Kier alpha value is -2.01. The molecule has 0 saturated heterocycles. The van der Waals surface area contributed by atoms with Gasteiger partial charge in [0.15, 0.2) is 0 Å². The smallest absolute Gasteiger partial charge is 0.249 e. The van der Waals surface area contributed by atoms with Crippen LogP contribution in [0.4, 0.5) is 0 Å². The third-order valence-electron chi connectivity index (χ3n) is 3.30. The van der Waals surface area contributed by atoms with E-state index < -0.39 is 0 Å². The van der Waals surface area contributed by atoms with E-state index in [4.69, 9.17) is 22.7 Å². The lowest BCUT2D eigenvalue weighted by Crippen LogP contribution is -2.17. The Morgan fingerprint density at radius 1 is 1.14 bits per heavy atom. The van der Waals surface area contributed by atoms with Crippen molar-refractivity contribution < 1.29 is 4.74 Å². The molecule has 0 atom stereocenters. The predicted molar refractivity (Wildman–Crippen MR) is 87.9 cm³/mol. The lowest BCUT2D eigenvalue weighted by Gasteiger charge is -2.14. The molecule has 0 amide bonds. The second-order valence-corrected chi connectivity index (χ2v) is 5.23. The fourth-order valence-electron chi connectivity index (χ4n) is 2.20. The topological polar surface area (TPSA) is 61.0 Å². The molecule has 2 aromatic rings. The molecule has 0 aliphatic rings. The highest BCUT2D eigenvalue weighted by Gasteiger charge is 2.18. The predicted octanol–water partition coefficient (Wildman–Crippen LogP) is 3.34. The molecule has 0 aliphatic carbocycles. The van der Waals surface area contributed by atoms with E-state index in [9.17, 15) is 0 Å². The summed E-state index contributed by atoms with van der Waals surface area (Å²) >= 11 is 5.18. The molecule has 2 rings (SSSR count). The zero-order chi connectivity index (χ0) is 15.4. The number of aromatic nitrogens is 2. The average Bonchev–Trinajstić information content (AvgIpc) is 2.48. The second-order valence-electron chi connectivity index (χ2n) is 4.79. The molecule has 110 valence electrons. The third kappa shape index (κ3) is 3.36. The largest absolute Gasteiger partial charge is 0.437 e. The van der Waals surface area contributed by atoms with Gasteiger partial charge in [-0.25, -0.2) is 0 Å². The monoisotopic (exact) mass is 301 g/mol. The molecule has 1 aromatic carbocycles. The molecule has 4 nitrogen and oxygen atoms in total. The van der Waals surface area contributed by atoms with Crippen LogP contribution >= 0.6 is 12.2 Å². The summed E-state index contributed by atoms with van der Waals surface area (Å²) in [6.07, 6.45) is 1.58. The molecule has 1 heterocycles. The standard InChI is InChI=1S/C16H19N3OS/c1-4-12-13(5-2)18-19-16(14(12)15(17)21)20-11-8-6-10(3)7-9-11/h6-9H,4-5H2,1-3H3,(H2,17,21). The average molecular weight is 301 g/mol. The fourth-order valence-corrected chi connectivity index (χ4v) is 2.41. The number of nitrogens with zero attached hydrogens (tertiary/aromatic N) is 2. The minimum Gasteiger partial charge on any atom is -0.437 e. The van der Waals surface area contributed by atoms with Crippen LogP contribution in [-0.4, -0.2) is 15.2 Å². The van der Waals surface area contributed by atoms with Gasteiger partial charge in [-0.1, -0.05) is 43.8 Å². The minimum atomic E-state index is 0.290. The summed E-state index contributed by atoms with van der Waals surface area (Å²) in [4.78, 5) is 0.290. The van der Waals surface area contributed by atoms with Crippen molar-refractivity contribution in [1.29, 1.82) is 0 Å². The van der Waals surface area contributed by atoms with Gasteiger partial charge in [0, 0.05) is 0 Å². The Bertz CT molecular complexity index is 653. The Morgan fingerprint density at radius 3 is 2.33 bits per heavy atom. The molecule has 0 saturated carbocycles. The first-order valence-electron chi connectivity index (χ1n) is 6.99. The van der Waals surface area contributed by atoms with E-state index in [-0.39, 0.29) is 0 Å². The molecule has 21 heavy (non-hydrogen) atoms. The molecule has 0 unspecified atom stereocenters. The number of aryl methyl sites for hydroxylation is 2. The molecule has 0 aliphatic heterocycles. The Morgan fingerprint density at radius 2 is 1.81 bits per heavy atom. The van der Waals surface area contributed by atoms with Crippen molar-refractivity contribution in [3.63, 3.8) is 0 Å². The van der Waals surface area contributed by atoms with Crippen LogP contribution in [0.5, 0.6) is 11.6 Å². The van der Waals surface area contributed by atoms with Crippen molar-refractivity contribution in [3.05, 3.63) is 46.6 Å². The Balaban J connectivity index is 2.48. The highest BCUT2D eigenvalue weighted by molar-refractivity contribution is 7.80. The van der Waals surface area contributed by atoms with Gasteiger partial charge in [-0.05, 0) is 37.5 Å². The van der Waals surface area contributed by atoms with Crippen molar-refractivity contribution >= 4 is 17.2 Å². The van der Waals surface area contributed by atoms with Crippen molar-refractivity contribution in [3.8, 4) is 11.6 Å². The molecule has 1 aromatic heterocycles. The van der Waals surface area contributed by atoms with Gasteiger partial charge in [0.1, 0.15) is 10.7 Å². The van der Waals surface area contributed by atoms with Crippen LogP contribution in [0, 0.1) is 6.92 Å². The molecule has 5 heteroatoms. The summed E-state index contributed by atoms with van der Waals surface area (Å²) in [6, 6.07) is 7.73. The van der Waals surface area contributed by atoms with Crippen LogP contribution in [0.2, 0.25) is 0 Å². The summed E-state index contributed by atoms with van der Waals surface area (Å²) in [5, 5.41) is 8.39. The highest BCUT2D eigenvalue weighted by atomic mass is 32.1. The van der Waals surface area contributed by atoms with E-state index in [1.165, 1.54) is 5.56 Å². The first-order chi connectivity index (χ1) is 10.1. The van der Waals surface area contributed by atoms with Crippen molar-refractivity contribution in [2.45, 2.75) is 33.6 Å². The number of ether oxygens (including phenoxy) is 1. The van der Waals surface area contributed by atoms with Crippen LogP contribution in [0.3, 0.4) is 0 Å². The van der Waals surface area contributed by atoms with Gasteiger partial charge in [0.25, 0.3) is 0 Å². The number of hydrogen-bond donors (Lipinski definition) is 1. The number of rotatable bonds is 5. The lowest BCUT2D eigenvalue weighted by atomic mass is 10.0. The van der Waals surface area contributed by atoms with Gasteiger partial charge in [0.05, 0.1) is 11.3 Å². The van der Waals surface area contributed by atoms with E-state index >= 15 is 0 Å². The van der Waals surface area contributed by atoms with Crippen LogP contribution < -0.4 is 10.5 Å². The van der Waals surface area contributed by atoms with Gasteiger partial charge in [-0.2, -0.15) is 5.10 Å². The SMILES string of the molecule is CCc1nnc(Oc2ccc(C)cc2)c(C(N)=S)c1CC. The molecule has 0 fully saturated rings. The van der Waals surface area contributed by atoms with Crippen LogP contribution in [0.1, 0.15) is 36.2 Å². The zero-order valence-corrected chi connectivity index (χ0v) is 13.3. The van der Waals surface area contributed by atoms with E-state index in [0.717, 1.165) is 24.1 Å². The van der Waals surface area contributed by atoms with Gasteiger partial charge in [0.2, 0.25) is 5.88 Å². The number of nitrogens with two attached hydrogens (primary N) is 1. The van der Waals surface area contributed by atoms with E-state index in [2.05, 4.69) is 10.2 Å². The second kappa shape index (κ2) is 6.63. The Labute approximate surface area is 130 Å². The minimum absolute atomic E-state index is 0.290. The van der Waals surface area contributed by atoms with Gasteiger partial charge in [-0.3, -0.25) is 0 Å². The van der Waals surface area contributed by atoms with Crippen LogP contribution in [-0.2, 0) is 12.8 Å². The lowest BCUT2D eigenvalue weighted by molar-refractivity contribution is 0.451. The van der Waals surface area contributed by atoms with Gasteiger partial charge < -0.3 is 10.5 Å². The number of benzene rings is 1. The maximum atomic E-state index is 5.88. The van der Waals surface area contributed by atoms with E-state index in [1.807, 2.05) is 45.0 Å². The molecule has 0 spiro atoms. The van der Waals surface area contributed by atoms with Crippen LogP contribution in [0.25, 0.3) is 0 Å². The van der Waals surface area contributed by atoms with Crippen LogP contribution in [0.15, 0.2) is 24.3 Å². The first kappa shape index (κ1) is 15.4. The van der Waals surface area contributed by atoms with E-state index in [1.54, 1.807) is 0 Å². The quantitative estimate of drug-likeness (QED) is 0.858. The van der Waals surface area contributed by atoms with Gasteiger partial charge >= 0.3 is 0 Å². The summed E-state index contributed by atoms with van der Waals surface area (Å²) in [5.41, 5.74) is 9.67. The maximum Gasteiger partial charge on any atom is 0.249 e. The highest BCUT2D eigenvalue weighted by Crippen LogP contribution is 2.27. The summed E-state index contributed by atoms with van der Waals surface area (Å²) in [5.74, 6) is 1.07. The summed E-state index contributed by atoms with van der Waals surface area (Å²) < 4.78 is 5.83. The van der Waals surface area contributed by atoms with Gasteiger partial charge in [-0.15, -0.1) is 5.10 Å². The third-order valence-corrected chi connectivity index (χ3v) is 3.50. The van der Waals surface area contributed by atoms with Crippen molar-refractivity contribution in [2.75, 3.05) is 0 Å². The molecule has 0 bridgehead atoms. The Kier molecular flexibility index (Phi) is 4.85. The first-order valence-corrected chi connectivity index (χ1v) is 7.40. The van der Waals surface area contributed by atoms with E-state index in [0.29, 0.717) is 22.2 Å². The normalized spacial score (nSPS) is 10.4. The number of thiocarbonyl (C=S) groups is 1. The summed E-state index contributed by atoms with van der Waals surface area (Å²) in [7, 11) is 0. The molecule has 2 N–H and O–H groups in total. The van der Waals surface area contributed by atoms with Crippen molar-refractivity contribution in [2.24, 2.45) is 5.73 Å². The molecular weight excluding hydrogens is 282 g/mol. The number of hydrogen-bond acceptors (Lipinski definition) is 4. The maximum absolute atomic E-state index is 5.88. The fraction of sp³-hybridized carbons (Fsp3) is 0.312. The summed E-state index contributed by atoms with van der Waals surface area (Å²) in [6.45, 7) is 6.11. The van der Waals surface area contributed by atoms with Crippen molar-refractivity contribution in [1.82, 2.24) is 10.2 Å². The molecular formula is C16H19N3OS. The zero-order valence-electron chi connectivity index (χ0n) is 12.5.